The highest BCUT2D eigenvalue weighted by Gasteiger charge is 2.19. The van der Waals surface area contributed by atoms with E-state index in [2.05, 4.69) is 57.2 Å². The van der Waals surface area contributed by atoms with E-state index in [1.165, 1.54) is 205 Å². The fraction of sp³-hybridized carbons (Fsp3) is 0.850. The number of hydrogen-bond donors (Lipinski definition) is 0. The van der Waals surface area contributed by atoms with Gasteiger partial charge in [-0.05, 0) is 96.3 Å². The summed E-state index contributed by atoms with van der Waals surface area (Å²) in [5.41, 5.74) is 0. The lowest BCUT2D eigenvalue weighted by molar-refractivity contribution is -0.167. The smallest absolute Gasteiger partial charge is 0.306 e. The second kappa shape index (κ2) is 55.2. The highest BCUT2D eigenvalue weighted by atomic mass is 16.6. The average molecular weight is 928 g/mol. The van der Waals surface area contributed by atoms with Crippen molar-refractivity contribution in [1.82, 2.24) is 0 Å². The van der Waals surface area contributed by atoms with Crippen molar-refractivity contribution in [2.24, 2.45) is 0 Å². The van der Waals surface area contributed by atoms with Gasteiger partial charge in [-0.15, -0.1) is 0 Å². The first-order valence-electron chi connectivity index (χ1n) is 29.0. The summed E-state index contributed by atoms with van der Waals surface area (Å²) in [5, 5.41) is 0. The van der Waals surface area contributed by atoms with E-state index < -0.39 is 6.10 Å². The monoisotopic (exact) mass is 927 g/mol. The number of rotatable bonds is 53. The highest BCUT2D eigenvalue weighted by molar-refractivity contribution is 5.71. The maximum Gasteiger partial charge on any atom is 0.306 e. The third-order valence-electron chi connectivity index (χ3n) is 12.8. The Morgan fingerprint density at radius 2 is 0.500 bits per heavy atom. The lowest BCUT2D eigenvalue weighted by Gasteiger charge is -2.18. The van der Waals surface area contributed by atoms with Gasteiger partial charge in [-0.1, -0.05) is 231 Å². The normalized spacial score (nSPS) is 12.2. The van der Waals surface area contributed by atoms with Gasteiger partial charge in [-0.25, -0.2) is 0 Å². The maximum absolute atomic E-state index is 12.8. The number of allylic oxidation sites excluding steroid dienone is 6. The number of ether oxygens (including phenoxy) is 3. The second-order valence-corrected chi connectivity index (χ2v) is 19.5. The summed E-state index contributed by atoms with van der Waals surface area (Å²) in [5.74, 6) is -0.880. The fourth-order valence-corrected chi connectivity index (χ4v) is 8.43. The van der Waals surface area contributed by atoms with Crippen LogP contribution >= 0.6 is 0 Å². The maximum atomic E-state index is 12.8. The van der Waals surface area contributed by atoms with Crippen molar-refractivity contribution in [3.8, 4) is 0 Å². The van der Waals surface area contributed by atoms with Crippen LogP contribution in [0.15, 0.2) is 36.5 Å². The lowest BCUT2D eigenvalue weighted by Crippen LogP contribution is -2.30. The van der Waals surface area contributed by atoms with Crippen LogP contribution < -0.4 is 0 Å². The van der Waals surface area contributed by atoms with Gasteiger partial charge in [0.05, 0.1) is 0 Å². The molecule has 0 aliphatic heterocycles. The first-order valence-corrected chi connectivity index (χ1v) is 29.0. The van der Waals surface area contributed by atoms with Crippen LogP contribution in [0.4, 0.5) is 0 Å². The molecular weight excluding hydrogens is 817 g/mol. The molecule has 0 fully saturated rings. The Hall–Kier alpha value is -2.37. The summed E-state index contributed by atoms with van der Waals surface area (Å²) in [6.07, 6.45) is 65.6. The van der Waals surface area contributed by atoms with Gasteiger partial charge in [0.25, 0.3) is 0 Å². The van der Waals surface area contributed by atoms with E-state index in [1.54, 1.807) is 0 Å². The average Bonchev–Trinajstić information content (AvgIpc) is 3.31. The van der Waals surface area contributed by atoms with Gasteiger partial charge >= 0.3 is 17.9 Å². The van der Waals surface area contributed by atoms with Crippen LogP contribution in [-0.4, -0.2) is 37.2 Å². The first-order chi connectivity index (χ1) is 32.5. The van der Waals surface area contributed by atoms with E-state index in [-0.39, 0.29) is 31.1 Å². The van der Waals surface area contributed by atoms with Gasteiger partial charge in [0.1, 0.15) is 13.2 Å². The molecule has 0 aliphatic carbocycles. The Morgan fingerprint density at radius 1 is 0.288 bits per heavy atom. The van der Waals surface area contributed by atoms with E-state index in [1.807, 2.05) is 0 Å². The lowest BCUT2D eigenvalue weighted by atomic mass is 10.1. The number of carbonyl (C=O) groups is 3. The Bertz CT molecular complexity index is 1110. The fourth-order valence-electron chi connectivity index (χ4n) is 8.43. The topological polar surface area (TPSA) is 78.9 Å². The Balaban J connectivity index is 4.34. The molecule has 0 radical (unpaired) electrons. The van der Waals surface area contributed by atoms with Crippen molar-refractivity contribution < 1.29 is 28.6 Å². The molecule has 0 aromatic carbocycles. The molecule has 0 bridgehead atoms. The van der Waals surface area contributed by atoms with E-state index in [9.17, 15) is 14.4 Å². The summed E-state index contributed by atoms with van der Waals surface area (Å²) in [4.78, 5) is 38.1. The van der Waals surface area contributed by atoms with E-state index in [0.717, 1.165) is 64.2 Å². The number of esters is 3. The van der Waals surface area contributed by atoms with E-state index >= 15 is 0 Å². The Kier molecular flexibility index (Phi) is 53.2. The molecule has 0 saturated heterocycles. The molecule has 0 aromatic heterocycles. The summed E-state index contributed by atoms with van der Waals surface area (Å²) < 4.78 is 16.9. The molecule has 386 valence electrons. The van der Waals surface area contributed by atoms with Crippen LogP contribution in [0, 0.1) is 0 Å². The van der Waals surface area contributed by atoms with Gasteiger partial charge in [0.2, 0.25) is 0 Å². The summed E-state index contributed by atoms with van der Waals surface area (Å²) >= 11 is 0. The van der Waals surface area contributed by atoms with Gasteiger partial charge in [0.15, 0.2) is 6.10 Å². The zero-order valence-corrected chi connectivity index (χ0v) is 44.2. The second-order valence-electron chi connectivity index (χ2n) is 19.5. The molecule has 0 spiro atoms. The molecule has 0 aliphatic rings. The summed E-state index contributed by atoms with van der Waals surface area (Å²) in [6, 6.07) is 0. The van der Waals surface area contributed by atoms with Crippen molar-refractivity contribution in [1.29, 1.82) is 0 Å². The van der Waals surface area contributed by atoms with Crippen LogP contribution in [-0.2, 0) is 28.6 Å². The first kappa shape index (κ1) is 63.6. The van der Waals surface area contributed by atoms with Crippen LogP contribution in [0.2, 0.25) is 0 Å². The zero-order valence-electron chi connectivity index (χ0n) is 44.2. The SMILES string of the molecule is CCCCC/C=C\CCCCCCCC(=O)OCC(COC(=O)CCCCCCCCC/C=C\CCCCCCCCC)OC(=O)CCCCCCCCC/C=C\CCCCCCCCC. The predicted molar refractivity (Wildman–Crippen MR) is 284 cm³/mol. The summed E-state index contributed by atoms with van der Waals surface area (Å²) in [6.45, 7) is 6.63. The molecule has 0 saturated carbocycles. The van der Waals surface area contributed by atoms with Crippen LogP contribution in [0.25, 0.3) is 0 Å². The van der Waals surface area contributed by atoms with Gasteiger partial charge in [-0.3, -0.25) is 14.4 Å². The molecule has 0 N–H and O–H groups in total. The van der Waals surface area contributed by atoms with Crippen molar-refractivity contribution in [3.05, 3.63) is 36.5 Å². The molecular formula is C60H110O6. The molecule has 0 aromatic rings. The van der Waals surface area contributed by atoms with E-state index in [0.29, 0.717) is 19.3 Å². The Labute approximate surface area is 410 Å². The largest absolute Gasteiger partial charge is 0.462 e. The molecule has 66 heavy (non-hydrogen) atoms. The van der Waals surface area contributed by atoms with E-state index in [4.69, 9.17) is 14.2 Å². The predicted octanol–water partition coefficient (Wildman–Crippen LogP) is 19.3. The van der Waals surface area contributed by atoms with Crippen LogP contribution in [0.1, 0.15) is 310 Å². The summed E-state index contributed by atoms with van der Waals surface area (Å²) in [7, 11) is 0. The number of unbranched alkanes of at least 4 members (excludes halogenated alkanes) is 36. The van der Waals surface area contributed by atoms with Crippen molar-refractivity contribution in [2.45, 2.75) is 316 Å². The number of carbonyl (C=O) groups excluding carboxylic acids is 3. The zero-order chi connectivity index (χ0) is 47.9. The molecule has 1 unspecified atom stereocenters. The van der Waals surface area contributed by atoms with Crippen LogP contribution in [0.3, 0.4) is 0 Å². The van der Waals surface area contributed by atoms with Crippen LogP contribution in [0.5, 0.6) is 0 Å². The minimum atomic E-state index is -0.778. The van der Waals surface area contributed by atoms with Crippen molar-refractivity contribution >= 4 is 17.9 Å². The standard InChI is InChI=1S/C60H110O6/c1-4-7-10-13-16-19-22-25-27-29-31-33-35-38-41-44-47-50-53-59(62)65-56-57(55-64-58(61)52-49-46-43-40-37-24-21-18-15-12-9-6-3)66-60(63)54-51-48-45-42-39-36-34-32-30-28-26-23-20-17-14-11-8-5-2/h18,21,27-30,57H,4-17,19-20,22-26,31-56H2,1-3H3/b21-18-,29-27-,30-28-. The highest BCUT2D eigenvalue weighted by Crippen LogP contribution is 2.16. The van der Waals surface area contributed by atoms with Crippen molar-refractivity contribution in [3.63, 3.8) is 0 Å². The molecule has 0 amide bonds. The Morgan fingerprint density at radius 3 is 0.788 bits per heavy atom. The van der Waals surface area contributed by atoms with Gasteiger partial charge in [-0.2, -0.15) is 0 Å². The molecule has 6 heteroatoms. The third-order valence-corrected chi connectivity index (χ3v) is 12.8. The molecule has 1 atom stereocenters. The van der Waals surface area contributed by atoms with Gasteiger partial charge in [0, 0.05) is 19.3 Å². The third kappa shape index (κ3) is 52.6. The van der Waals surface area contributed by atoms with Crippen molar-refractivity contribution in [2.75, 3.05) is 13.2 Å². The van der Waals surface area contributed by atoms with Gasteiger partial charge < -0.3 is 14.2 Å². The quantitative estimate of drug-likeness (QED) is 0.0262. The molecule has 6 nitrogen and oxygen atoms in total. The molecule has 0 rings (SSSR count). The number of hydrogen-bond acceptors (Lipinski definition) is 6. The minimum Gasteiger partial charge on any atom is -0.462 e. The molecule has 0 heterocycles. The minimum absolute atomic E-state index is 0.0767.